The highest BCUT2D eigenvalue weighted by molar-refractivity contribution is 5.85. The van der Waals surface area contributed by atoms with Crippen molar-refractivity contribution >= 4 is 18.3 Å². The Morgan fingerprint density at radius 3 is 2.61 bits per heavy atom. The Balaban J connectivity index is 0.00000264. The van der Waals surface area contributed by atoms with E-state index in [4.69, 9.17) is 5.73 Å². The SMILES string of the molecule is Cl.NCC1CCCCC1NC(=O)Cc1cccc(C(F)(F)F)c1. The van der Waals surface area contributed by atoms with E-state index in [1.807, 2.05) is 0 Å². The number of rotatable bonds is 4. The lowest BCUT2D eigenvalue weighted by Crippen LogP contribution is -2.45. The quantitative estimate of drug-likeness (QED) is 0.875. The zero-order chi connectivity index (χ0) is 16.2. The van der Waals surface area contributed by atoms with Crippen LogP contribution in [0.5, 0.6) is 0 Å². The lowest BCUT2D eigenvalue weighted by Gasteiger charge is -2.31. The van der Waals surface area contributed by atoms with Crippen LogP contribution in [0.25, 0.3) is 0 Å². The van der Waals surface area contributed by atoms with Crippen LogP contribution in [0.3, 0.4) is 0 Å². The summed E-state index contributed by atoms with van der Waals surface area (Å²) < 4.78 is 38.0. The summed E-state index contributed by atoms with van der Waals surface area (Å²) in [5.74, 6) is 0.0175. The third-order valence-electron chi connectivity index (χ3n) is 4.18. The van der Waals surface area contributed by atoms with Crippen molar-refractivity contribution in [1.29, 1.82) is 0 Å². The molecule has 0 aromatic heterocycles. The standard InChI is InChI=1S/C16H21F3N2O.ClH/c17-16(18,19)13-6-3-4-11(8-13)9-15(22)21-14-7-2-1-5-12(14)10-20;/h3-4,6,8,12,14H,1-2,5,7,9-10,20H2,(H,21,22);1H. The summed E-state index contributed by atoms with van der Waals surface area (Å²) in [7, 11) is 0. The fraction of sp³-hybridized carbons (Fsp3) is 0.562. The van der Waals surface area contributed by atoms with E-state index in [1.54, 1.807) is 0 Å². The fourth-order valence-electron chi connectivity index (χ4n) is 2.98. The monoisotopic (exact) mass is 350 g/mol. The highest BCUT2D eigenvalue weighted by atomic mass is 35.5. The van der Waals surface area contributed by atoms with Crippen LogP contribution < -0.4 is 11.1 Å². The summed E-state index contributed by atoms with van der Waals surface area (Å²) in [5, 5.41) is 2.93. The van der Waals surface area contributed by atoms with Gasteiger partial charge in [0.2, 0.25) is 5.91 Å². The van der Waals surface area contributed by atoms with E-state index in [-0.39, 0.29) is 36.7 Å². The minimum Gasteiger partial charge on any atom is -0.353 e. The highest BCUT2D eigenvalue weighted by Gasteiger charge is 2.30. The van der Waals surface area contributed by atoms with Crippen LogP contribution in [-0.2, 0) is 17.4 Å². The molecule has 1 aliphatic carbocycles. The summed E-state index contributed by atoms with van der Waals surface area (Å²) >= 11 is 0. The molecule has 1 aromatic rings. The van der Waals surface area contributed by atoms with Crippen molar-refractivity contribution in [3.05, 3.63) is 35.4 Å². The second-order valence-electron chi connectivity index (χ2n) is 5.83. The highest BCUT2D eigenvalue weighted by Crippen LogP contribution is 2.29. The minimum absolute atomic E-state index is 0. The summed E-state index contributed by atoms with van der Waals surface area (Å²) in [6.45, 7) is 0.522. The van der Waals surface area contributed by atoms with Crippen LogP contribution >= 0.6 is 12.4 Å². The van der Waals surface area contributed by atoms with Gasteiger partial charge in [0, 0.05) is 6.04 Å². The third kappa shape index (κ3) is 5.70. The van der Waals surface area contributed by atoms with E-state index in [9.17, 15) is 18.0 Å². The van der Waals surface area contributed by atoms with E-state index in [0.717, 1.165) is 37.8 Å². The maximum atomic E-state index is 12.7. The molecule has 3 N–H and O–H groups in total. The third-order valence-corrected chi connectivity index (χ3v) is 4.18. The molecular weight excluding hydrogens is 329 g/mol. The fourth-order valence-corrected chi connectivity index (χ4v) is 2.98. The van der Waals surface area contributed by atoms with Gasteiger partial charge in [-0.2, -0.15) is 13.2 Å². The van der Waals surface area contributed by atoms with Gasteiger partial charge >= 0.3 is 6.18 Å². The second-order valence-corrected chi connectivity index (χ2v) is 5.83. The predicted octanol–water partition coefficient (Wildman–Crippen LogP) is 3.30. The molecular formula is C16H22ClF3N2O. The molecule has 130 valence electrons. The number of alkyl halides is 3. The van der Waals surface area contributed by atoms with Crippen molar-refractivity contribution in [2.45, 2.75) is 44.3 Å². The first-order chi connectivity index (χ1) is 10.4. The molecule has 1 amide bonds. The number of carbonyl (C=O) groups is 1. The average molecular weight is 351 g/mol. The molecule has 0 radical (unpaired) electrons. The Bertz CT molecular complexity index is 522. The summed E-state index contributed by atoms with van der Waals surface area (Å²) in [6, 6.07) is 4.94. The molecule has 1 aromatic carbocycles. The lowest BCUT2D eigenvalue weighted by molar-refractivity contribution is -0.137. The minimum atomic E-state index is -4.39. The first-order valence-corrected chi connectivity index (χ1v) is 7.55. The molecule has 2 rings (SSSR count). The number of benzene rings is 1. The van der Waals surface area contributed by atoms with Crippen molar-refractivity contribution in [2.24, 2.45) is 11.7 Å². The predicted molar refractivity (Wildman–Crippen MR) is 85.3 cm³/mol. The van der Waals surface area contributed by atoms with Gasteiger partial charge in [0.05, 0.1) is 12.0 Å². The maximum absolute atomic E-state index is 12.7. The number of hydrogen-bond donors (Lipinski definition) is 2. The molecule has 0 aliphatic heterocycles. The lowest BCUT2D eigenvalue weighted by atomic mass is 9.84. The van der Waals surface area contributed by atoms with E-state index >= 15 is 0 Å². The Labute approximate surface area is 140 Å². The van der Waals surface area contributed by atoms with Crippen LogP contribution in [0.1, 0.15) is 36.8 Å². The van der Waals surface area contributed by atoms with E-state index in [0.29, 0.717) is 12.1 Å². The van der Waals surface area contributed by atoms with Gasteiger partial charge in [-0.1, -0.05) is 31.0 Å². The first-order valence-electron chi connectivity index (χ1n) is 7.55. The normalized spacial score (nSPS) is 21.4. The first kappa shape index (κ1) is 19.8. The molecule has 23 heavy (non-hydrogen) atoms. The molecule has 0 saturated heterocycles. The van der Waals surface area contributed by atoms with Gasteiger partial charge in [-0.15, -0.1) is 12.4 Å². The molecule has 1 saturated carbocycles. The van der Waals surface area contributed by atoms with Crippen molar-refractivity contribution in [1.82, 2.24) is 5.32 Å². The molecule has 0 bridgehead atoms. The Morgan fingerprint density at radius 2 is 1.96 bits per heavy atom. The second kappa shape index (κ2) is 8.55. The van der Waals surface area contributed by atoms with Gasteiger partial charge in [-0.3, -0.25) is 4.79 Å². The Kier molecular flexibility index (Phi) is 7.35. The number of nitrogens with one attached hydrogen (secondary N) is 1. The zero-order valence-corrected chi connectivity index (χ0v) is 13.6. The molecule has 1 fully saturated rings. The number of hydrogen-bond acceptors (Lipinski definition) is 2. The van der Waals surface area contributed by atoms with Gasteiger partial charge in [0.25, 0.3) is 0 Å². The van der Waals surface area contributed by atoms with Crippen molar-refractivity contribution in [3.8, 4) is 0 Å². The largest absolute Gasteiger partial charge is 0.416 e. The van der Waals surface area contributed by atoms with Crippen LogP contribution in [0.4, 0.5) is 13.2 Å². The number of amides is 1. The maximum Gasteiger partial charge on any atom is 0.416 e. The van der Waals surface area contributed by atoms with E-state index in [1.165, 1.54) is 12.1 Å². The Hall–Kier alpha value is -1.27. The van der Waals surface area contributed by atoms with E-state index in [2.05, 4.69) is 5.32 Å². The number of halogens is 4. The topological polar surface area (TPSA) is 55.1 Å². The van der Waals surface area contributed by atoms with Crippen molar-refractivity contribution in [2.75, 3.05) is 6.54 Å². The molecule has 0 heterocycles. The van der Waals surface area contributed by atoms with Crippen LogP contribution in [0.15, 0.2) is 24.3 Å². The molecule has 2 unspecified atom stereocenters. The summed E-state index contributed by atoms with van der Waals surface area (Å²) in [6.07, 6.45) is -0.397. The Morgan fingerprint density at radius 1 is 1.26 bits per heavy atom. The zero-order valence-electron chi connectivity index (χ0n) is 12.7. The average Bonchev–Trinajstić information content (AvgIpc) is 2.47. The smallest absolute Gasteiger partial charge is 0.353 e. The van der Waals surface area contributed by atoms with Gasteiger partial charge in [0.1, 0.15) is 0 Å². The molecule has 0 spiro atoms. The molecule has 1 aliphatic rings. The molecule has 3 nitrogen and oxygen atoms in total. The number of carbonyl (C=O) groups excluding carboxylic acids is 1. The van der Waals surface area contributed by atoms with Crippen molar-refractivity contribution in [3.63, 3.8) is 0 Å². The van der Waals surface area contributed by atoms with Gasteiger partial charge in [-0.05, 0) is 36.9 Å². The molecule has 7 heteroatoms. The van der Waals surface area contributed by atoms with Gasteiger partial charge in [-0.25, -0.2) is 0 Å². The van der Waals surface area contributed by atoms with Gasteiger partial charge < -0.3 is 11.1 Å². The molecule has 2 atom stereocenters. The van der Waals surface area contributed by atoms with Crippen molar-refractivity contribution < 1.29 is 18.0 Å². The summed E-state index contributed by atoms with van der Waals surface area (Å²) in [4.78, 5) is 12.1. The number of nitrogens with two attached hydrogens (primary N) is 1. The van der Waals surface area contributed by atoms with Gasteiger partial charge in [0.15, 0.2) is 0 Å². The van der Waals surface area contributed by atoms with Crippen LogP contribution in [0, 0.1) is 5.92 Å². The summed E-state index contributed by atoms with van der Waals surface area (Å²) in [5.41, 5.74) is 5.35. The van der Waals surface area contributed by atoms with Crippen LogP contribution in [-0.4, -0.2) is 18.5 Å². The van der Waals surface area contributed by atoms with Crippen LogP contribution in [0.2, 0.25) is 0 Å². The van der Waals surface area contributed by atoms with E-state index < -0.39 is 11.7 Å².